The van der Waals surface area contributed by atoms with Crippen molar-refractivity contribution in [2.45, 2.75) is 37.9 Å². The van der Waals surface area contributed by atoms with E-state index in [0.29, 0.717) is 23.2 Å². The summed E-state index contributed by atoms with van der Waals surface area (Å²) < 4.78 is 1.75. The summed E-state index contributed by atoms with van der Waals surface area (Å²) in [5.74, 6) is 0.627. The van der Waals surface area contributed by atoms with E-state index in [4.69, 9.17) is 5.73 Å². The molecular formula is C24H24N6OS. The predicted molar refractivity (Wildman–Crippen MR) is 127 cm³/mol. The van der Waals surface area contributed by atoms with Gasteiger partial charge in [-0.25, -0.2) is 9.38 Å². The molecule has 0 aliphatic carbocycles. The highest BCUT2D eigenvalue weighted by Gasteiger charge is 2.30. The molecule has 2 aromatic heterocycles. The van der Waals surface area contributed by atoms with Gasteiger partial charge in [0.15, 0.2) is 10.8 Å². The Balaban J connectivity index is 1.41. The van der Waals surface area contributed by atoms with Gasteiger partial charge in [0, 0.05) is 29.4 Å². The van der Waals surface area contributed by atoms with Gasteiger partial charge in [0.25, 0.3) is 0 Å². The van der Waals surface area contributed by atoms with Crippen LogP contribution in [-0.4, -0.2) is 37.3 Å². The number of hydrogen-bond donors (Lipinski definition) is 1. The average molecular weight is 445 g/mol. The maximum absolute atomic E-state index is 13.1. The molecule has 2 N–H and O–H groups in total. The summed E-state index contributed by atoms with van der Waals surface area (Å²) >= 11 is 1.34. The Bertz CT molecular complexity index is 1300. The molecule has 1 atom stereocenters. The normalized spacial score (nSPS) is 15.3. The molecule has 1 aliphatic heterocycles. The van der Waals surface area contributed by atoms with Gasteiger partial charge < -0.3 is 10.6 Å². The number of fused-ring (bicyclic) bond motifs is 2. The second-order valence-corrected chi connectivity index (χ2v) is 9.01. The van der Waals surface area contributed by atoms with Gasteiger partial charge in [0.05, 0.1) is 5.75 Å². The van der Waals surface area contributed by atoms with Gasteiger partial charge in [0.2, 0.25) is 11.9 Å². The Kier molecular flexibility index (Phi) is 5.30. The summed E-state index contributed by atoms with van der Waals surface area (Å²) in [5.41, 5.74) is 12.1. The van der Waals surface area contributed by atoms with Crippen LogP contribution >= 0.6 is 11.8 Å². The van der Waals surface area contributed by atoms with E-state index in [1.807, 2.05) is 48.2 Å². The number of amides is 1. The molecule has 1 aliphatic rings. The quantitative estimate of drug-likeness (QED) is 0.473. The zero-order valence-corrected chi connectivity index (χ0v) is 18.8. The number of aryl methyl sites for hydroxylation is 1. The predicted octanol–water partition coefficient (Wildman–Crippen LogP) is 3.68. The van der Waals surface area contributed by atoms with Crippen LogP contribution in [0.4, 0.5) is 11.6 Å². The van der Waals surface area contributed by atoms with Crippen LogP contribution in [0.1, 0.15) is 29.3 Å². The van der Waals surface area contributed by atoms with Gasteiger partial charge >= 0.3 is 0 Å². The number of nitrogens with two attached hydrogens (primary N) is 1. The number of anilines is 2. The maximum Gasteiger partial charge on any atom is 0.237 e. The van der Waals surface area contributed by atoms with Gasteiger partial charge in [-0.05, 0) is 37.5 Å². The van der Waals surface area contributed by atoms with E-state index in [1.54, 1.807) is 4.40 Å². The molecule has 4 aromatic rings. The number of thioether (sulfide) groups is 1. The first-order chi connectivity index (χ1) is 15.5. The number of nitrogen functional groups attached to an aromatic ring is 1. The highest BCUT2D eigenvalue weighted by Crippen LogP contribution is 2.33. The van der Waals surface area contributed by atoms with Gasteiger partial charge in [-0.3, -0.25) is 4.79 Å². The topological polar surface area (TPSA) is 89.4 Å². The molecule has 3 heterocycles. The molecule has 2 aromatic carbocycles. The van der Waals surface area contributed by atoms with E-state index in [1.165, 1.54) is 17.3 Å². The van der Waals surface area contributed by atoms with E-state index >= 15 is 0 Å². The molecule has 1 amide bonds. The number of benzene rings is 2. The number of carbonyl (C=O) groups excluding carboxylic acids is 1. The van der Waals surface area contributed by atoms with Crippen molar-refractivity contribution in [2.75, 3.05) is 16.4 Å². The van der Waals surface area contributed by atoms with Crippen molar-refractivity contribution in [1.82, 2.24) is 19.6 Å². The minimum absolute atomic E-state index is 0.0485. The van der Waals surface area contributed by atoms with Gasteiger partial charge in [-0.2, -0.15) is 0 Å². The lowest BCUT2D eigenvalue weighted by Crippen LogP contribution is -2.37. The highest BCUT2D eigenvalue weighted by atomic mass is 32.2. The Morgan fingerprint density at radius 2 is 1.88 bits per heavy atom. The molecule has 7 nitrogen and oxygen atoms in total. The van der Waals surface area contributed by atoms with Gasteiger partial charge in [-0.15, -0.1) is 10.2 Å². The number of para-hydroxylation sites is 1. The fourth-order valence-corrected chi connectivity index (χ4v) is 5.16. The first kappa shape index (κ1) is 20.5. The van der Waals surface area contributed by atoms with Crippen molar-refractivity contribution >= 4 is 35.0 Å². The second kappa shape index (κ2) is 8.27. The summed E-state index contributed by atoms with van der Waals surface area (Å²) in [4.78, 5) is 19.5. The molecule has 0 unspecified atom stereocenters. The molecule has 5 rings (SSSR count). The molecule has 0 saturated carbocycles. The second-order valence-electron chi connectivity index (χ2n) is 8.07. The summed E-state index contributed by atoms with van der Waals surface area (Å²) in [7, 11) is 0. The highest BCUT2D eigenvalue weighted by molar-refractivity contribution is 7.99. The first-order valence-electron chi connectivity index (χ1n) is 10.6. The van der Waals surface area contributed by atoms with Crippen LogP contribution < -0.4 is 10.6 Å². The van der Waals surface area contributed by atoms with Crippen LogP contribution in [0.2, 0.25) is 0 Å². The van der Waals surface area contributed by atoms with Crippen molar-refractivity contribution < 1.29 is 4.79 Å². The fraction of sp³-hybridized carbons (Fsp3) is 0.250. The monoisotopic (exact) mass is 444 g/mol. The van der Waals surface area contributed by atoms with Crippen LogP contribution in [-0.2, 0) is 17.6 Å². The third-order valence-electron chi connectivity index (χ3n) is 5.88. The first-order valence-corrected chi connectivity index (χ1v) is 11.6. The number of aromatic nitrogens is 4. The fourth-order valence-electron chi connectivity index (χ4n) is 4.36. The third kappa shape index (κ3) is 3.60. The number of hydrogen-bond acceptors (Lipinski definition) is 6. The van der Waals surface area contributed by atoms with Crippen LogP contribution in [0.5, 0.6) is 0 Å². The Morgan fingerprint density at radius 3 is 2.69 bits per heavy atom. The zero-order chi connectivity index (χ0) is 22.2. The zero-order valence-electron chi connectivity index (χ0n) is 18.0. The molecule has 0 spiro atoms. The summed E-state index contributed by atoms with van der Waals surface area (Å²) in [6, 6.07) is 18.4. The van der Waals surface area contributed by atoms with E-state index in [-0.39, 0.29) is 17.7 Å². The molecule has 0 fully saturated rings. The Labute approximate surface area is 190 Å². The Hall–Kier alpha value is -3.39. The lowest BCUT2D eigenvalue weighted by molar-refractivity contribution is -0.116. The SMILES string of the molecule is Cc1nc(N)n2c(SCC(=O)N3c4ccccc4C[C@@H]3C)nnc2c1Cc1ccccc1. The van der Waals surface area contributed by atoms with Crippen LogP contribution in [0, 0.1) is 6.92 Å². The number of carbonyl (C=O) groups is 1. The molecule has 0 saturated heterocycles. The van der Waals surface area contributed by atoms with E-state index < -0.39 is 0 Å². The minimum Gasteiger partial charge on any atom is -0.369 e. The standard InChI is InChI=1S/C24H24N6OS/c1-15-12-18-10-6-7-11-20(18)29(15)21(31)14-32-24-28-27-22-19(13-17-8-4-3-5-9-17)16(2)26-23(25)30(22)24/h3-11,15H,12-14H2,1-2H3,(H2,25,26)/t15-/m0/s1. The molecule has 0 radical (unpaired) electrons. The molecule has 8 heteroatoms. The van der Waals surface area contributed by atoms with Crippen LogP contribution in [0.25, 0.3) is 5.65 Å². The average Bonchev–Trinajstić information content (AvgIpc) is 3.36. The van der Waals surface area contributed by atoms with E-state index in [0.717, 1.165) is 28.9 Å². The summed E-state index contributed by atoms with van der Waals surface area (Å²) in [5, 5.41) is 9.33. The summed E-state index contributed by atoms with van der Waals surface area (Å²) in [6.45, 7) is 4.02. The lowest BCUT2D eigenvalue weighted by atomic mass is 10.0. The van der Waals surface area contributed by atoms with E-state index in [9.17, 15) is 4.79 Å². The van der Waals surface area contributed by atoms with Crippen molar-refractivity contribution in [2.24, 2.45) is 0 Å². The van der Waals surface area contributed by atoms with Crippen molar-refractivity contribution in [3.8, 4) is 0 Å². The minimum atomic E-state index is 0.0485. The van der Waals surface area contributed by atoms with E-state index in [2.05, 4.69) is 40.3 Å². The summed E-state index contributed by atoms with van der Waals surface area (Å²) in [6.07, 6.45) is 1.56. The smallest absolute Gasteiger partial charge is 0.237 e. The maximum atomic E-state index is 13.1. The molecule has 162 valence electrons. The Morgan fingerprint density at radius 1 is 1.12 bits per heavy atom. The van der Waals surface area contributed by atoms with Crippen LogP contribution in [0.3, 0.4) is 0 Å². The molecule has 0 bridgehead atoms. The third-order valence-corrected chi connectivity index (χ3v) is 6.79. The van der Waals surface area contributed by atoms with Crippen molar-refractivity contribution in [3.63, 3.8) is 0 Å². The molecule has 32 heavy (non-hydrogen) atoms. The number of nitrogens with zero attached hydrogens (tertiary/aromatic N) is 5. The lowest BCUT2D eigenvalue weighted by Gasteiger charge is -2.22. The molecular weight excluding hydrogens is 420 g/mol. The van der Waals surface area contributed by atoms with Gasteiger partial charge in [-0.1, -0.05) is 60.3 Å². The van der Waals surface area contributed by atoms with Crippen molar-refractivity contribution in [3.05, 3.63) is 77.0 Å². The van der Waals surface area contributed by atoms with Crippen LogP contribution in [0.15, 0.2) is 59.8 Å². The van der Waals surface area contributed by atoms with Crippen molar-refractivity contribution in [1.29, 1.82) is 0 Å². The largest absolute Gasteiger partial charge is 0.369 e. The van der Waals surface area contributed by atoms with Gasteiger partial charge in [0.1, 0.15) is 0 Å². The number of rotatable bonds is 5.